The van der Waals surface area contributed by atoms with Crippen LogP contribution in [0.1, 0.15) is 0 Å². The molecule has 12 aromatic rings. The van der Waals surface area contributed by atoms with Crippen molar-refractivity contribution in [2.75, 3.05) is 4.90 Å². The minimum atomic E-state index is 1.10. The van der Waals surface area contributed by atoms with Crippen LogP contribution in [0.25, 0.3) is 97.0 Å². The van der Waals surface area contributed by atoms with Crippen molar-refractivity contribution < 1.29 is 0 Å². The molecule has 1 nitrogen and oxygen atoms in total. The molecule has 0 saturated carbocycles. The molecule has 12 rings (SSSR count). The SMILES string of the molecule is c1ccc(-c2ccc(-c3cccc(N(c4ccc(-c5cccc6ccccc56)c(-c5ccccc5)c4)c4ccc5sc6c7ccccc7c7ccccc7c6c5c4)c3)cc2)cc1. The van der Waals surface area contributed by atoms with E-state index in [4.69, 9.17) is 0 Å². The largest absolute Gasteiger partial charge is 0.310 e. The van der Waals surface area contributed by atoms with Crippen LogP contribution in [0.5, 0.6) is 0 Å². The van der Waals surface area contributed by atoms with Gasteiger partial charge >= 0.3 is 0 Å². The van der Waals surface area contributed by atoms with Crippen LogP contribution in [-0.2, 0) is 0 Å². The zero-order valence-corrected chi connectivity index (χ0v) is 34.7. The molecule has 0 radical (unpaired) electrons. The molecule has 0 atom stereocenters. The maximum atomic E-state index is 2.45. The molecule has 1 aromatic heterocycles. The Bertz CT molecular complexity index is 3620. The number of hydrogen-bond acceptors (Lipinski definition) is 2. The van der Waals surface area contributed by atoms with Crippen LogP contribution < -0.4 is 4.90 Å². The third-order valence-electron chi connectivity index (χ3n) is 12.4. The summed E-state index contributed by atoms with van der Waals surface area (Å²) in [7, 11) is 0. The summed E-state index contributed by atoms with van der Waals surface area (Å²) in [6.07, 6.45) is 0. The fourth-order valence-corrected chi connectivity index (χ4v) is 10.8. The quantitative estimate of drug-likeness (QED) is 0.145. The predicted octanol–water partition coefficient (Wildman–Crippen LogP) is 17.7. The van der Waals surface area contributed by atoms with E-state index in [2.05, 4.69) is 241 Å². The van der Waals surface area contributed by atoms with E-state index in [-0.39, 0.29) is 0 Å². The first-order chi connectivity index (χ1) is 30.7. The Morgan fingerprint density at radius 2 is 0.806 bits per heavy atom. The van der Waals surface area contributed by atoms with E-state index in [1.54, 1.807) is 0 Å². The third kappa shape index (κ3) is 6.15. The second-order valence-corrected chi connectivity index (χ2v) is 17.1. The van der Waals surface area contributed by atoms with Gasteiger partial charge in [0, 0.05) is 42.6 Å². The fourth-order valence-electron chi connectivity index (χ4n) is 9.51. The van der Waals surface area contributed by atoms with Crippen LogP contribution in [0.2, 0.25) is 0 Å². The lowest BCUT2D eigenvalue weighted by Gasteiger charge is -2.27. The Labute approximate surface area is 365 Å². The lowest BCUT2D eigenvalue weighted by atomic mass is 9.90. The summed E-state index contributed by atoms with van der Waals surface area (Å²) in [5.41, 5.74) is 12.9. The maximum Gasteiger partial charge on any atom is 0.0468 e. The zero-order chi connectivity index (χ0) is 41.0. The van der Waals surface area contributed by atoms with Crippen molar-refractivity contribution in [2.24, 2.45) is 0 Å². The minimum Gasteiger partial charge on any atom is -0.310 e. The van der Waals surface area contributed by atoms with Crippen molar-refractivity contribution in [3.8, 4) is 44.5 Å². The maximum absolute atomic E-state index is 2.45. The van der Waals surface area contributed by atoms with Gasteiger partial charge in [-0.2, -0.15) is 0 Å². The van der Waals surface area contributed by atoms with E-state index >= 15 is 0 Å². The van der Waals surface area contributed by atoms with Crippen LogP contribution in [0.3, 0.4) is 0 Å². The van der Waals surface area contributed by atoms with E-state index in [1.807, 2.05) is 11.3 Å². The smallest absolute Gasteiger partial charge is 0.0468 e. The Morgan fingerprint density at radius 1 is 0.274 bits per heavy atom. The van der Waals surface area contributed by atoms with Crippen molar-refractivity contribution in [2.45, 2.75) is 0 Å². The minimum absolute atomic E-state index is 1.10. The summed E-state index contributed by atoms with van der Waals surface area (Å²) in [4.78, 5) is 2.45. The molecule has 0 unspecified atom stereocenters. The van der Waals surface area contributed by atoms with Gasteiger partial charge in [-0.3, -0.25) is 0 Å². The predicted molar refractivity (Wildman–Crippen MR) is 268 cm³/mol. The molecule has 0 spiro atoms. The number of fused-ring (bicyclic) bond motifs is 9. The lowest BCUT2D eigenvalue weighted by Crippen LogP contribution is -2.10. The zero-order valence-electron chi connectivity index (χ0n) is 33.9. The summed E-state index contributed by atoms with van der Waals surface area (Å²) in [6.45, 7) is 0. The molecule has 2 heteroatoms. The molecule has 1 heterocycles. The summed E-state index contributed by atoms with van der Waals surface area (Å²) in [6, 6.07) is 86.7. The molecule has 11 aromatic carbocycles. The molecule has 0 aliphatic carbocycles. The highest BCUT2D eigenvalue weighted by Crippen LogP contribution is 2.48. The first-order valence-corrected chi connectivity index (χ1v) is 22.1. The van der Waals surface area contributed by atoms with Crippen LogP contribution in [-0.4, -0.2) is 0 Å². The first-order valence-electron chi connectivity index (χ1n) is 21.2. The van der Waals surface area contributed by atoms with E-state index in [9.17, 15) is 0 Å². The van der Waals surface area contributed by atoms with Gasteiger partial charge in [0.2, 0.25) is 0 Å². The molecule has 0 N–H and O–H groups in total. The highest BCUT2D eigenvalue weighted by atomic mass is 32.1. The van der Waals surface area contributed by atoms with Gasteiger partial charge in [-0.15, -0.1) is 11.3 Å². The van der Waals surface area contributed by atoms with Gasteiger partial charge in [0.25, 0.3) is 0 Å². The van der Waals surface area contributed by atoms with E-state index in [0.717, 1.165) is 17.1 Å². The van der Waals surface area contributed by atoms with Crippen LogP contribution in [0.4, 0.5) is 17.1 Å². The average molecular weight is 806 g/mol. The van der Waals surface area contributed by atoms with Gasteiger partial charge in [0.1, 0.15) is 0 Å². The Morgan fingerprint density at radius 3 is 1.58 bits per heavy atom. The lowest BCUT2D eigenvalue weighted by molar-refractivity contribution is 1.29. The molecule has 0 amide bonds. The van der Waals surface area contributed by atoms with Gasteiger partial charge < -0.3 is 4.90 Å². The number of benzene rings is 11. The number of nitrogens with zero attached hydrogens (tertiary/aromatic N) is 1. The van der Waals surface area contributed by atoms with Crippen molar-refractivity contribution in [1.82, 2.24) is 0 Å². The summed E-state index contributed by atoms with van der Waals surface area (Å²) >= 11 is 1.90. The second kappa shape index (κ2) is 15.0. The average Bonchev–Trinajstić information content (AvgIpc) is 3.74. The highest BCUT2D eigenvalue weighted by Gasteiger charge is 2.21. The second-order valence-electron chi connectivity index (χ2n) is 16.0. The van der Waals surface area contributed by atoms with Gasteiger partial charge in [0.05, 0.1) is 0 Å². The summed E-state index contributed by atoms with van der Waals surface area (Å²) in [5, 5.41) is 10.3. The van der Waals surface area contributed by atoms with Crippen LogP contribution in [0.15, 0.2) is 237 Å². The van der Waals surface area contributed by atoms with Gasteiger partial charge in [-0.05, 0) is 114 Å². The van der Waals surface area contributed by atoms with Crippen molar-refractivity contribution in [1.29, 1.82) is 0 Å². The number of rotatable bonds is 7. The van der Waals surface area contributed by atoms with E-state index in [1.165, 1.54) is 97.0 Å². The Balaban J connectivity index is 1.08. The Hall–Kier alpha value is -7.78. The van der Waals surface area contributed by atoms with E-state index in [0.29, 0.717) is 0 Å². The Kier molecular flexibility index (Phi) is 8.76. The van der Waals surface area contributed by atoms with Crippen LogP contribution >= 0.6 is 11.3 Å². The summed E-state index contributed by atoms with van der Waals surface area (Å²) in [5.74, 6) is 0. The normalized spacial score (nSPS) is 11.5. The molecule has 0 aliphatic heterocycles. The molecule has 0 saturated heterocycles. The number of anilines is 3. The number of hydrogen-bond donors (Lipinski definition) is 0. The highest BCUT2D eigenvalue weighted by molar-refractivity contribution is 7.27. The molecule has 0 fully saturated rings. The van der Waals surface area contributed by atoms with Crippen molar-refractivity contribution in [3.05, 3.63) is 237 Å². The monoisotopic (exact) mass is 805 g/mol. The standard InChI is InChI=1S/C60H39NS/c1-3-15-40(16-4-1)41-29-31-42(32-30-41)45-21-13-22-46(37-45)61(47-33-35-53(56(38-47)44-17-5-2-6-18-44)50-28-14-20-43-19-7-8-23-49(43)50)48-34-36-58-57(39-48)59-54-26-11-9-24-51(54)52-25-10-12-27-55(52)60(59)62-58/h1-39H. The van der Waals surface area contributed by atoms with Gasteiger partial charge in [-0.25, -0.2) is 0 Å². The van der Waals surface area contributed by atoms with Gasteiger partial charge in [-0.1, -0.05) is 194 Å². The molecular formula is C60H39NS. The van der Waals surface area contributed by atoms with Crippen LogP contribution in [0, 0.1) is 0 Å². The topological polar surface area (TPSA) is 3.24 Å². The molecule has 62 heavy (non-hydrogen) atoms. The van der Waals surface area contributed by atoms with Crippen molar-refractivity contribution in [3.63, 3.8) is 0 Å². The summed E-state index contributed by atoms with van der Waals surface area (Å²) < 4.78 is 2.62. The number of thiophene rings is 1. The fraction of sp³-hybridized carbons (Fsp3) is 0. The van der Waals surface area contributed by atoms with Gasteiger partial charge in [0.15, 0.2) is 0 Å². The third-order valence-corrected chi connectivity index (χ3v) is 13.6. The van der Waals surface area contributed by atoms with E-state index < -0.39 is 0 Å². The van der Waals surface area contributed by atoms with Crippen molar-refractivity contribution >= 4 is 80.9 Å². The first kappa shape index (κ1) is 36.1. The molecule has 290 valence electrons. The molecular weight excluding hydrogens is 767 g/mol. The molecule has 0 bridgehead atoms. The molecule has 0 aliphatic rings.